The number of carbonyl (C=O) groups is 1. The molecule has 0 spiro atoms. The highest BCUT2D eigenvalue weighted by molar-refractivity contribution is 7.20. The Labute approximate surface area is 91.1 Å². The topological polar surface area (TPSA) is 20.3 Å². The smallest absolute Gasteiger partial charge is 0.256 e. The number of carbonyl (C=O) groups excluding carboxylic acids is 1. The summed E-state index contributed by atoms with van der Waals surface area (Å²) >= 11 is 12.8. The lowest BCUT2D eigenvalue weighted by atomic mass is 10.3. The Bertz CT molecular complexity index is 324. The maximum absolute atomic E-state index is 11.6. The summed E-state index contributed by atoms with van der Waals surface area (Å²) in [6.07, 6.45) is 0. The van der Waals surface area contributed by atoms with Crippen molar-refractivity contribution in [3.63, 3.8) is 0 Å². The van der Waals surface area contributed by atoms with E-state index < -0.39 is 0 Å². The summed E-state index contributed by atoms with van der Waals surface area (Å²) in [6.45, 7) is 2.56. The normalized spacial score (nSPS) is 10.2. The van der Waals surface area contributed by atoms with Gasteiger partial charge in [-0.05, 0) is 13.0 Å². The van der Waals surface area contributed by atoms with Crippen molar-refractivity contribution >= 4 is 40.4 Å². The van der Waals surface area contributed by atoms with Crippen LogP contribution in [-0.2, 0) is 0 Å². The molecule has 0 atom stereocenters. The molecule has 0 aliphatic carbocycles. The van der Waals surface area contributed by atoms with Crippen LogP contribution in [0.3, 0.4) is 0 Å². The second-order valence-electron chi connectivity index (χ2n) is 2.56. The third kappa shape index (κ3) is 2.36. The third-order valence-corrected chi connectivity index (χ3v) is 3.20. The molecule has 0 bridgehead atoms. The molecule has 0 aromatic carbocycles. The van der Waals surface area contributed by atoms with Gasteiger partial charge >= 0.3 is 0 Å². The van der Waals surface area contributed by atoms with E-state index in [-0.39, 0.29) is 5.91 Å². The molecule has 1 rings (SSSR count). The van der Waals surface area contributed by atoms with Gasteiger partial charge in [-0.15, -0.1) is 11.3 Å². The van der Waals surface area contributed by atoms with E-state index in [0.29, 0.717) is 20.8 Å². The summed E-state index contributed by atoms with van der Waals surface area (Å²) in [6, 6.07) is 1.60. The lowest BCUT2D eigenvalue weighted by molar-refractivity contribution is 0.0803. The molecule has 72 valence electrons. The fourth-order valence-electron chi connectivity index (χ4n) is 0.835. The lowest BCUT2D eigenvalue weighted by Gasteiger charge is -2.13. The summed E-state index contributed by atoms with van der Waals surface area (Å²) in [5.74, 6) is -0.0874. The third-order valence-electron chi connectivity index (χ3n) is 1.71. The molecule has 0 fully saturated rings. The van der Waals surface area contributed by atoms with Crippen LogP contribution in [0, 0.1) is 0 Å². The van der Waals surface area contributed by atoms with Gasteiger partial charge in [-0.3, -0.25) is 4.79 Å². The van der Waals surface area contributed by atoms with Crippen molar-refractivity contribution in [1.29, 1.82) is 0 Å². The van der Waals surface area contributed by atoms with Crippen LogP contribution in [0.5, 0.6) is 0 Å². The zero-order valence-electron chi connectivity index (χ0n) is 7.30. The van der Waals surface area contributed by atoms with Crippen LogP contribution < -0.4 is 0 Å². The minimum Gasteiger partial charge on any atom is -0.342 e. The monoisotopic (exact) mass is 237 g/mol. The fraction of sp³-hybridized carbons (Fsp3) is 0.375. The first-order valence-corrected chi connectivity index (χ1v) is 5.33. The Morgan fingerprint density at radius 3 is 2.62 bits per heavy atom. The molecule has 5 heteroatoms. The highest BCUT2D eigenvalue weighted by Gasteiger charge is 2.16. The zero-order valence-corrected chi connectivity index (χ0v) is 9.63. The van der Waals surface area contributed by atoms with Crippen molar-refractivity contribution in [2.75, 3.05) is 13.6 Å². The summed E-state index contributed by atoms with van der Waals surface area (Å²) < 4.78 is 0.994. The Balaban J connectivity index is 2.94. The van der Waals surface area contributed by atoms with Crippen LogP contribution in [0.2, 0.25) is 8.67 Å². The number of hydrogen-bond acceptors (Lipinski definition) is 2. The first-order valence-electron chi connectivity index (χ1n) is 3.76. The number of amides is 1. The van der Waals surface area contributed by atoms with Gasteiger partial charge < -0.3 is 4.90 Å². The molecule has 0 aliphatic rings. The minimum absolute atomic E-state index is 0.0874. The van der Waals surface area contributed by atoms with Gasteiger partial charge in [0.05, 0.1) is 9.90 Å². The molecule has 2 nitrogen and oxygen atoms in total. The van der Waals surface area contributed by atoms with E-state index in [1.54, 1.807) is 18.0 Å². The van der Waals surface area contributed by atoms with Gasteiger partial charge in [0.15, 0.2) is 0 Å². The van der Waals surface area contributed by atoms with Crippen LogP contribution in [0.1, 0.15) is 17.3 Å². The van der Waals surface area contributed by atoms with Crippen LogP contribution in [0.15, 0.2) is 6.07 Å². The van der Waals surface area contributed by atoms with Crippen LogP contribution in [0.25, 0.3) is 0 Å². The van der Waals surface area contributed by atoms with E-state index in [9.17, 15) is 4.79 Å². The van der Waals surface area contributed by atoms with Gasteiger partial charge in [0, 0.05) is 13.6 Å². The maximum Gasteiger partial charge on any atom is 0.256 e. The molecular formula is C8H9Cl2NOS. The number of nitrogens with zero attached hydrogens (tertiary/aromatic N) is 1. The van der Waals surface area contributed by atoms with E-state index in [0.717, 1.165) is 0 Å². The van der Waals surface area contributed by atoms with Crippen molar-refractivity contribution in [1.82, 2.24) is 4.90 Å². The number of thiophene rings is 1. The molecule has 0 N–H and O–H groups in total. The summed E-state index contributed by atoms with van der Waals surface area (Å²) in [5.41, 5.74) is 0.487. The molecule has 0 saturated heterocycles. The average molecular weight is 238 g/mol. The number of hydrogen-bond donors (Lipinski definition) is 0. The van der Waals surface area contributed by atoms with E-state index in [1.807, 2.05) is 6.92 Å². The van der Waals surface area contributed by atoms with Crippen LogP contribution in [-0.4, -0.2) is 24.4 Å². The zero-order chi connectivity index (χ0) is 10.0. The Kier molecular flexibility index (Phi) is 3.59. The highest BCUT2D eigenvalue weighted by Crippen LogP contribution is 2.31. The van der Waals surface area contributed by atoms with Crippen LogP contribution in [0.4, 0.5) is 0 Å². The Hall–Kier alpha value is -0.250. The van der Waals surface area contributed by atoms with Gasteiger partial charge in [-0.1, -0.05) is 23.2 Å². The van der Waals surface area contributed by atoms with E-state index >= 15 is 0 Å². The molecule has 1 aromatic heterocycles. The van der Waals surface area contributed by atoms with E-state index in [1.165, 1.54) is 11.3 Å². The Morgan fingerprint density at radius 1 is 1.62 bits per heavy atom. The lowest BCUT2D eigenvalue weighted by Crippen LogP contribution is -2.25. The predicted octanol–water partition coefficient (Wildman–Crippen LogP) is 3.15. The first kappa shape index (κ1) is 10.8. The number of halogens is 2. The summed E-state index contributed by atoms with van der Waals surface area (Å²) in [4.78, 5) is 13.2. The van der Waals surface area contributed by atoms with Crippen molar-refractivity contribution in [3.05, 3.63) is 20.3 Å². The molecule has 1 aromatic rings. The standard InChI is InChI=1S/C8H9Cl2NOS/c1-3-11(2)8(12)5-4-6(9)13-7(5)10/h4H,3H2,1-2H3. The van der Waals surface area contributed by atoms with Crippen molar-refractivity contribution < 1.29 is 4.79 Å². The summed E-state index contributed by atoms with van der Waals surface area (Å²) in [7, 11) is 1.73. The molecule has 1 amide bonds. The fourth-order valence-corrected chi connectivity index (χ4v) is 2.28. The van der Waals surface area contributed by atoms with Crippen molar-refractivity contribution in [3.8, 4) is 0 Å². The molecule has 0 saturated carbocycles. The average Bonchev–Trinajstić information content (AvgIpc) is 2.42. The van der Waals surface area contributed by atoms with E-state index in [4.69, 9.17) is 23.2 Å². The molecule has 0 unspecified atom stereocenters. The predicted molar refractivity (Wildman–Crippen MR) is 57.0 cm³/mol. The summed E-state index contributed by atoms with van der Waals surface area (Å²) in [5, 5.41) is 0. The van der Waals surface area contributed by atoms with Gasteiger partial charge in [0.25, 0.3) is 5.91 Å². The minimum atomic E-state index is -0.0874. The SMILES string of the molecule is CCN(C)C(=O)c1cc(Cl)sc1Cl. The quantitative estimate of drug-likeness (QED) is 0.775. The van der Waals surface area contributed by atoms with Gasteiger partial charge in [-0.2, -0.15) is 0 Å². The van der Waals surface area contributed by atoms with Gasteiger partial charge in [0.1, 0.15) is 4.34 Å². The highest BCUT2D eigenvalue weighted by atomic mass is 35.5. The van der Waals surface area contributed by atoms with Crippen LogP contribution >= 0.6 is 34.5 Å². The number of rotatable bonds is 2. The van der Waals surface area contributed by atoms with E-state index in [2.05, 4.69) is 0 Å². The molecule has 13 heavy (non-hydrogen) atoms. The van der Waals surface area contributed by atoms with Gasteiger partial charge in [-0.25, -0.2) is 0 Å². The molecule has 1 heterocycles. The second kappa shape index (κ2) is 4.31. The molecule has 0 radical (unpaired) electrons. The first-order chi connectivity index (χ1) is 6.06. The second-order valence-corrected chi connectivity index (χ2v) is 4.84. The largest absolute Gasteiger partial charge is 0.342 e. The van der Waals surface area contributed by atoms with Crippen molar-refractivity contribution in [2.24, 2.45) is 0 Å². The van der Waals surface area contributed by atoms with Crippen molar-refractivity contribution in [2.45, 2.75) is 6.92 Å². The Morgan fingerprint density at radius 2 is 2.23 bits per heavy atom. The molecular weight excluding hydrogens is 229 g/mol. The molecule has 0 aliphatic heterocycles. The maximum atomic E-state index is 11.6. The van der Waals surface area contributed by atoms with Gasteiger partial charge in [0.2, 0.25) is 0 Å².